The Balaban J connectivity index is 1.82. The summed E-state index contributed by atoms with van der Waals surface area (Å²) in [7, 11) is 0. The maximum Gasteiger partial charge on any atom is 0.330 e. The number of rotatable bonds is 5. The maximum absolute atomic E-state index is 13.6. The number of aliphatic carboxylic acids is 1. The molecule has 124 valence electrons. The van der Waals surface area contributed by atoms with Crippen molar-refractivity contribution in [1.29, 1.82) is 0 Å². The van der Waals surface area contributed by atoms with E-state index in [1.807, 2.05) is 0 Å². The lowest BCUT2D eigenvalue weighted by atomic mass is 10.1. The molecule has 6 nitrogen and oxygen atoms in total. The molecule has 1 saturated carbocycles. The van der Waals surface area contributed by atoms with Gasteiger partial charge in [0.1, 0.15) is 17.3 Å². The normalized spacial score (nSPS) is 14.9. The number of carboxylic acid groups (broad SMARTS) is 1. The van der Waals surface area contributed by atoms with Gasteiger partial charge in [0.25, 0.3) is 5.91 Å². The first-order chi connectivity index (χ1) is 11.5. The number of benzene rings is 1. The van der Waals surface area contributed by atoms with Crippen molar-refractivity contribution >= 4 is 23.5 Å². The van der Waals surface area contributed by atoms with E-state index in [4.69, 9.17) is 11.6 Å². The molecule has 1 aromatic heterocycles. The van der Waals surface area contributed by atoms with Crippen LogP contribution in [0.5, 0.6) is 0 Å². The van der Waals surface area contributed by atoms with Gasteiger partial charge in [-0.25, -0.2) is 19.2 Å². The van der Waals surface area contributed by atoms with Crippen molar-refractivity contribution in [3.05, 3.63) is 58.4 Å². The van der Waals surface area contributed by atoms with Gasteiger partial charge in [-0.2, -0.15) is 0 Å². The Morgan fingerprint density at radius 2 is 2.08 bits per heavy atom. The Hall–Kier alpha value is -2.54. The van der Waals surface area contributed by atoms with Gasteiger partial charge in [0.15, 0.2) is 6.04 Å². The second-order valence-electron chi connectivity index (χ2n) is 5.49. The molecule has 1 aromatic carbocycles. The summed E-state index contributed by atoms with van der Waals surface area (Å²) in [4.78, 5) is 32.0. The van der Waals surface area contributed by atoms with Gasteiger partial charge < -0.3 is 10.4 Å². The van der Waals surface area contributed by atoms with Crippen LogP contribution < -0.4 is 5.32 Å². The average Bonchev–Trinajstić information content (AvgIpc) is 3.40. The van der Waals surface area contributed by atoms with E-state index in [1.54, 1.807) is 0 Å². The lowest BCUT2D eigenvalue weighted by molar-refractivity contribution is -0.139. The van der Waals surface area contributed by atoms with Crippen molar-refractivity contribution in [2.24, 2.45) is 0 Å². The fourth-order valence-electron chi connectivity index (χ4n) is 2.22. The Labute approximate surface area is 141 Å². The Morgan fingerprint density at radius 1 is 1.33 bits per heavy atom. The van der Waals surface area contributed by atoms with Crippen molar-refractivity contribution in [3.8, 4) is 0 Å². The lowest BCUT2D eigenvalue weighted by Crippen LogP contribution is -2.34. The molecular weight excluding hydrogens is 337 g/mol. The van der Waals surface area contributed by atoms with Crippen LogP contribution in [0.2, 0.25) is 5.02 Å². The first-order valence-corrected chi connectivity index (χ1v) is 7.65. The number of carboxylic acids is 1. The van der Waals surface area contributed by atoms with Crippen LogP contribution in [-0.2, 0) is 4.79 Å². The third kappa shape index (κ3) is 3.51. The number of hydrogen-bond acceptors (Lipinski definition) is 4. The minimum Gasteiger partial charge on any atom is -0.479 e. The molecule has 0 aliphatic heterocycles. The van der Waals surface area contributed by atoms with Crippen LogP contribution in [0.4, 0.5) is 4.39 Å². The van der Waals surface area contributed by atoms with Crippen molar-refractivity contribution in [2.45, 2.75) is 24.8 Å². The number of halogens is 2. The van der Waals surface area contributed by atoms with Gasteiger partial charge in [-0.1, -0.05) is 17.7 Å². The second kappa shape index (κ2) is 6.52. The van der Waals surface area contributed by atoms with E-state index in [2.05, 4.69) is 15.3 Å². The van der Waals surface area contributed by atoms with E-state index in [9.17, 15) is 19.1 Å². The van der Waals surface area contributed by atoms with E-state index in [1.165, 1.54) is 24.4 Å². The Kier molecular flexibility index (Phi) is 4.44. The van der Waals surface area contributed by atoms with Gasteiger partial charge in [0.05, 0.1) is 5.02 Å². The number of aromatic nitrogens is 2. The zero-order chi connectivity index (χ0) is 17.3. The summed E-state index contributed by atoms with van der Waals surface area (Å²) in [5.41, 5.74) is 0.154. The van der Waals surface area contributed by atoms with Crippen LogP contribution >= 0.6 is 11.6 Å². The van der Waals surface area contributed by atoms with Gasteiger partial charge in [0, 0.05) is 12.1 Å². The molecule has 1 heterocycles. The van der Waals surface area contributed by atoms with E-state index >= 15 is 0 Å². The summed E-state index contributed by atoms with van der Waals surface area (Å²) in [6.45, 7) is 0. The maximum atomic E-state index is 13.6. The average molecular weight is 350 g/mol. The van der Waals surface area contributed by atoms with E-state index in [-0.39, 0.29) is 22.2 Å². The number of hydrogen-bond donors (Lipinski definition) is 2. The lowest BCUT2D eigenvalue weighted by Gasteiger charge is -2.15. The summed E-state index contributed by atoms with van der Waals surface area (Å²) < 4.78 is 13.6. The van der Waals surface area contributed by atoms with Crippen molar-refractivity contribution < 1.29 is 19.1 Å². The van der Waals surface area contributed by atoms with Gasteiger partial charge in [-0.15, -0.1) is 0 Å². The van der Waals surface area contributed by atoms with Crippen LogP contribution in [0, 0.1) is 5.82 Å². The van der Waals surface area contributed by atoms with Crippen molar-refractivity contribution in [1.82, 2.24) is 15.3 Å². The van der Waals surface area contributed by atoms with Gasteiger partial charge in [-0.05, 0) is 36.6 Å². The molecule has 1 aliphatic rings. The first kappa shape index (κ1) is 16.3. The van der Waals surface area contributed by atoms with E-state index in [0.29, 0.717) is 5.82 Å². The molecule has 24 heavy (non-hydrogen) atoms. The molecular formula is C16H13ClFN3O3. The standard InChI is InChI=1S/C16H13ClFN3O3/c17-10-4-3-9(7-11(10)18)13(16(23)24)21-15(22)12-5-6-19-14(20-12)8-1-2-8/h3-8,13H,1-2H2,(H,21,22)(H,23,24). The molecule has 1 fully saturated rings. The molecule has 8 heteroatoms. The van der Waals surface area contributed by atoms with Crippen LogP contribution in [-0.4, -0.2) is 27.0 Å². The number of carbonyl (C=O) groups is 2. The quantitative estimate of drug-likeness (QED) is 0.865. The highest BCUT2D eigenvalue weighted by atomic mass is 35.5. The van der Waals surface area contributed by atoms with Crippen LogP contribution in [0.15, 0.2) is 30.5 Å². The molecule has 0 bridgehead atoms. The van der Waals surface area contributed by atoms with Gasteiger partial charge >= 0.3 is 5.97 Å². The summed E-state index contributed by atoms with van der Waals surface area (Å²) in [5, 5.41) is 11.6. The highest BCUT2D eigenvalue weighted by Crippen LogP contribution is 2.37. The molecule has 0 saturated heterocycles. The van der Waals surface area contributed by atoms with Crippen molar-refractivity contribution in [2.75, 3.05) is 0 Å². The third-order valence-electron chi connectivity index (χ3n) is 3.65. The molecule has 1 unspecified atom stereocenters. The fourth-order valence-corrected chi connectivity index (χ4v) is 2.34. The SMILES string of the molecule is O=C(NC(C(=O)O)c1ccc(Cl)c(F)c1)c1ccnc(C2CC2)n1. The minimum atomic E-state index is -1.41. The molecule has 0 spiro atoms. The summed E-state index contributed by atoms with van der Waals surface area (Å²) in [6, 6.07) is 3.56. The summed E-state index contributed by atoms with van der Waals surface area (Å²) in [6.07, 6.45) is 3.42. The Morgan fingerprint density at radius 3 is 2.71 bits per heavy atom. The van der Waals surface area contributed by atoms with Crippen LogP contribution in [0.25, 0.3) is 0 Å². The third-order valence-corrected chi connectivity index (χ3v) is 3.96. The Bertz CT molecular complexity index is 811. The zero-order valence-corrected chi connectivity index (χ0v) is 13.1. The molecule has 0 radical (unpaired) electrons. The minimum absolute atomic E-state index is 0.0765. The number of carbonyl (C=O) groups excluding carboxylic acids is 1. The second-order valence-corrected chi connectivity index (χ2v) is 5.90. The fraction of sp³-hybridized carbons (Fsp3) is 0.250. The molecule has 2 N–H and O–H groups in total. The van der Waals surface area contributed by atoms with Crippen LogP contribution in [0.3, 0.4) is 0 Å². The molecule has 3 rings (SSSR count). The van der Waals surface area contributed by atoms with Crippen molar-refractivity contribution in [3.63, 3.8) is 0 Å². The number of nitrogens with one attached hydrogen (secondary N) is 1. The highest BCUT2D eigenvalue weighted by molar-refractivity contribution is 6.30. The monoisotopic (exact) mass is 349 g/mol. The highest BCUT2D eigenvalue weighted by Gasteiger charge is 2.28. The van der Waals surface area contributed by atoms with E-state index < -0.39 is 23.7 Å². The smallest absolute Gasteiger partial charge is 0.330 e. The topological polar surface area (TPSA) is 92.2 Å². The molecule has 1 amide bonds. The summed E-state index contributed by atoms with van der Waals surface area (Å²) >= 11 is 5.59. The largest absolute Gasteiger partial charge is 0.479 e. The molecule has 1 aliphatic carbocycles. The summed E-state index contributed by atoms with van der Waals surface area (Å²) in [5.74, 6) is -1.90. The predicted molar refractivity (Wildman–Crippen MR) is 83.3 cm³/mol. The van der Waals surface area contributed by atoms with Crippen LogP contribution in [0.1, 0.15) is 46.7 Å². The number of amides is 1. The van der Waals surface area contributed by atoms with Gasteiger partial charge in [-0.3, -0.25) is 4.79 Å². The molecule has 2 aromatic rings. The van der Waals surface area contributed by atoms with E-state index in [0.717, 1.165) is 18.9 Å². The zero-order valence-electron chi connectivity index (χ0n) is 12.4. The number of nitrogens with zero attached hydrogens (tertiary/aromatic N) is 2. The van der Waals surface area contributed by atoms with Gasteiger partial charge in [0.2, 0.25) is 0 Å². The predicted octanol–water partition coefficient (Wildman–Crippen LogP) is 2.70. The molecule has 1 atom stereocenters. The first-order valence-electron chi connectivity index (χ1n) is 7.27.